The largest absolute Gasteiger partial charge is 0.497 e. The lowest BCUT2D eigenvalue weighted by atomic mass is 10.1. The summed E-state index contributed by atoms with van der Waals surface area (Å²) in [5.74, 6) is -0.791. The molecule has 5 rings (SSSR count). The van der Waals surface area contributed by atoms with E-state index in [4.69, 9.17) is 4.74 Å². The van der Waals surface area contributed by atoms with Gasteiger partial charge in [0.1, 0.15) is 5.75 Å². The molecule has 7 nitrogen and oxygen atoms in total. The molecule has 1 N–H and O–H groups in total. The Morgan fingerprint density at radius 1 is 0.968 bits per heavy atom. The summed E-state index contributed by atoms with van der Waals surface area (Å²) in [6, 6.07) is 18.8. The lowest BCUT2D eigenvalue weighted by Gasteiger charge is -2.14. The molecule has 1 aliphatic heterocycles. The van der Waals surface area contributed by atoms with Gasteiger partial charge in [0.05, 0.1) is 34.1 Å². The minimum atomic E-state index is -0.483. The van der Waals surface area contributed by atoms with Crippen molar-refractivity contribution in [3.05, 3.63) is 83.4 Å². The van der Waals surface area contributed by atoms with E-state index < -0.39 is 17.7 Å². The highest BCUT2D eigenvalue weighted by Gasteiger charge is 2.37. The van der Waals surface area contributed by atoms with Crippen LogP contribution in [-0.4, -0.2) is 29.8 Å². The van der Waals surface area contributed by atoms with Gasteiger partial charge in [-0.2, -0.15) is 0 Å². The number of benzene rings is 3. The number of fused-ring (bicyclic) bond motifs is 2. The van der Waals surface area contributed by atoms with E-state index in [0.29, 0.717) is 16.6 Å². The van der Waals surface area contributed by atoms with E-state index in [1.165, 1.54) is 36.6 Å². The molecule has 152 valence electrons. The molecule has 0 radical (unpaired) electrons. The molecule has 8 heteroatoms. The number of nitrogens with zero attached hydrogens (tertiary/aromatic N) is 2. The molecule has 0 bridgehead atoms. The second-order valence-electron chi connectivity index (χ2n) is 6.85. The van der Waals surface area contributed by atoms with Crippen molar-refractivity contribution in [2.75, 3.05) is 17.3 Å². The molecule has 0 saturated carbocycles. The molecular formula is C23H15N3O4S. The number of hydrogen-bond acceptors (Lipinski definition) is 6. The van der Waals surface area contributed by atoms with Crippen LogP contribution in [0.25, 0.3) is 10.2 Å². The predicted octanol–water partition coefficient (Wildman–Crippen LogP) is 4.36. The SMILES string of the molecule is COc1cccc(N2C(=O)c3ccc(C(=O)Nc4nc5ccccc5s4)cc3C2=O)c1. The van der Waals surface area contributed by atoms with Crippen LogP contribution in [0.4, 0.5) is 10.8 Å². The first-order valence-electron chi connectivity index (χ1n) is 9.39. The molecule has 3 aromatic carbocycles. The molecule has 0 fully saturated rings. The fourth-order valence-corrected chi connectivity index (χ4v) is 4.32. The maximum Gasteiger partial charge on any atom is 0.266 e. The van der Waals surface area contributed by atoms with Crippen LogP contribution in [0.3, 0.4) is 0 Å². The number of amides is 3. The van der Waals surface area contributed by atoms with Gasteiger partial charge in [-0.05, 0) is 42.5 Å². The zero-order valence-corrected chi connectivity index (χ0v) is 17.1. The van der Waals surface area contributed by atoms with Gasteiger partial charge in [0, 0.05) is 11.6 Å². The van der Waals surface area contributed by atoms with Gasteiger partial charge in [0.15, 0.2) is 5.13 Å². The number of imide groups is 1. The minimum Gasteiger partial charge on any atom is -0.497 e. The minimum absolute atomic E-state index is 0.185. The Morgan fingerprint density at radius 2 is 1.77 bits per heavy atom. The molecule has 31 heavy (non-hydrogen) atoms. The van der Waals surface area contributed by atoms with Crippen LogP contribution in [0.15, 0.2) is 66.7 Å². The monoisotopic (exact) mass is 429 g/mol. The molecule has 4 aromatic rings. The molecule has 0 atom stereocenters. The molecule has 3 amide bonds. The number of rotatable bonds is 4. The third-order valence-corrected chi connectivity index (χ3v) is 5.93. The van der Waals surface area contributed by atoms with Crippen molar-refractivity contribution in [3.63, 3.8) is 0 Å². The van der Waals surface area contributed by atoms with E-state index in [1.54, 1.807) is 24.3 Å². The highest BCUT2D eigenvalue weighted by atomic mass is 32.1. The zero-order chi connectivity index (χ0) is 21.5. The van der Waals surface area contributed by atoms with Gasteiger partial charge in [-0.3, -0.25) is 19.7 Å². The fourth-order valence-electron chi connectivity index (χ4n) is 3.46. The summed E-state index contributed by atoms with van der Waals surface area (Å²) in [4.78, 5) is 44.0. The van der Waals surface area contributed by atoms with Gasteiger partial charge < -0.3 is 4.74 Å². The quantitative estimate of drug-likeness (QED) is 0.487. The van der Waals surface area contributed by atoms with Gasteiger partial charge in [-0.15, -0.1) is 0 Å². The summed E-state index contributed by atoms with van der Waals surface area (Å²) in [7, 11) is 1.51. The third-order valence-electron chi connectivity index (χ3n) is 4.97. The highest BCUT2D eigenvalue weighted by Crippen LogP contribution is 2.31. The van der Waals surface area contributed by atoms with Gasteiger partial charge in [0.25, 0.3) is 17.7 Å². The fraction of sp³-hybridized carbons (Fsp3) is 0.0435. The summed E-state index contributed by atoms with van der Waals surface area (Å²) in [5, 5.41) is 3.23. The molecular weight excluding hydrogens is 414 g/mol. The van der Waals surface area contributed by atoms with Gasteiger partial charge in [-0.1, -0.05) is 29.5 Å². The Kier molecular flexibility index (Phi) is 4.48. The second kappa shape index (κ2) is 7.33. The van der Waals surface area contributed by atoms with Crippen molar-refractivity contribution in [2.45, 2.75) is 0 Å². The molecule has 0 saturated heterocycles. The Balaban J connectivity index is 1.43. The van der Waals surface area contributed by atoms with E-state index in [2.05, 4.69) is 10.3 Å². The van der Waals surface area contributed by atoms with Crippen molar-refractivity contribution >= 4 is 50.1 Å². The summed E-state index contributed by atoms with van der Waals surface area (Å²) in [6.07, 6.45) is 0. The van der Waals surface area contributed by atoms with E-state index >= 15 is 0 Å². The normalized spacial score (nSPS) is 12.9. The van der Waals surface area contributed by atoms with Gasteiger partial charge in [-0.25, -0.2) is 9.88 Å². The number of carbonyl (C=O) groups excluding carboxylic acids is 3. The van der Waals surface area contributed by atoms with E-state index in [0.717, 1.165) is 15.1 Å². The number of ether oxygens (including phenoxy) is 1. The van der Waals surface area contributed by atoms with Crippen LogP contribution in [-0.2, 0) is 0 Å². The lowest BCUT2D eigenvalue weighted by molar-refractivity contribution is 0.0925. The molecule has 2 heterocycles. The van der Waals surface area contributed by atoms with Crippen molar-refractivity contribution < 1.29 is 19.1 Å². The van der Waals surface area contributed by atoms with Gasteiger partial charge in [0.2, 0.25) is 0 Å². The number of thiazole rings is 1. The molecule has 0 aliphatic carbocycles. The van der Waals surface area contributed by atoms with Crippen LogP contribution in [0.1, 0.15) is 31.1 Å². The summed E-state index contributed by atoms with van der Waals surface area (Å²) in [6.45, 7) is 0. The number of hydrogen-bond donors (Lipinski definition) is 1. The lowest BCUT2D eigenvalue weighted by Crippen LogP contribution is -2.29. The van der Waals surface area contributed by atoms with Crippen LogP contribution < -0.4 is 15.0 Å². The van der Waals surface area contributed by atoms with Crippen molar-refractivity contribution in [2.24, 2.45) is 0 Å². The van der Waals surface area contributed by atoms with Crippen LogP contribution in [0, 0.1) is 0 Å². The van der Waals surface area contributed by atoms with Crippen LogP contribution >= 0.6 is 11.3 Å². The number of nitrogens with one attached hydrogen (secondary N) is 1. The highest BCUT2D eigenvalue weighted by molar-refractivity contribution is 7.22. The second-order valence-corrected chi connectivity index (χ2v) is 7.88. The Hall–Kier alpha value is -4.04. The first-order chi connectivity index (χ1) is 15.0. The number of para-hydroxylation sites is 1. The van der Waals surface area contributed by atoms with Crippen molar-refractivity contribution in [3.8, 4) is 5.75 Å². The van der Waals surface area contributed by atoms with Gasteiger partial charge >= 0.3 is 0 Å². The molecule has 0 unspecified atom stereocenters. The predicted molar refractivity (Wildman–Crippen MR) is 118 cm³/mol. The van der Waals surface area contributed by atoms with E-state index in [1.807, 2.05) is 24.3 Å². The third kappa shape index (κ3) is 3.23. The summed E-state index contributed by atoms with van der Waals surface area (Å²) < 4.78 is 6.14. The number of methoxy groups -OCH3 is 1. The smallest absolute Gasteiger partial charge is 0.266 e. The first kappa shape index (κ1) is 19.0. The maximum atomic E-state index is 13.0. The van der Waals surface area contributed by atoms with E-state index in [-0.39, 0.29) is 16.7 Å². The molecule has 1 aromatic heterocycles. The Labute approximate surface area is 180 Å². The molecule has 1 aliphatic rings. The maximum absolute atomic E-state index is 13.0. The standard InChI is InChI=1S/C23H15N3O4S/c1-30-15-6-4-5-14(12-15)26-21(28)16-10-9-13(11-17(16)22(26)29)20(27)25-23-24-18-7-2-3-8-19(18)31-23/h2-12H,1H3,(H,24,25,27). The summed E-state index contributed by atoms with van der Waals surface area (Å²) in [5.41, 5.74) is 1.92. The van der Waals surface area contributed by atoms with Crippen molar-refractivity contribution in [1.29, 1.82) is 0 Å². The zero-order valence-electron chi connectivity index (χ0n) is 16.3. The molecule has 0 spiro atoms. The average Bonchev–Trinajstić information content (AvgIpc) is 3.31. The Morgan fingerprint density at radius 3 is 2.58 bits per heavy atom. The number of anilines is 2. The Bertz CT molecular complexity index is 1350. The topological polar surface area (TPSA) is 88.6 Å². The first-order valence-corrected chi connectivity index (χ1v) is 10.2. The van der Waals surface area contributed by atoms with Crippen LogP contribution in [0.2, 0.25) is 0 Å². The van der Waals surface area contributed by atoms with Crippen LogP contribution in [0.5, 0.6) is 5.75 Å². The van der Waals surface area contributed by atoms with Crippen molar-refractivity contribution in [1.82, 2.24) is 4.98 Å². The van der Waals surface area contributed by atoms with E-state index in [9.17, 15) is 14.4 Å². The number of aromatic nitrogens is 1. The number of carbonyl (C=O) groups is 3. The summed E-state index contributed by atoms with van der Waals surface area (Å²) >= 11 is 1.36. The average molecular weight is 429 g/mol.